The van der Waals surface area contributed by atoms with Crippen molar-refractivity contribution in [2.45, 2.75) is 125 Å². The standard InChI is InChI=1S/C25H21F5N2O4S.C19H17BrF3NO3S.C12H16BF2NO3/c26-18-3-5-21(6-4-18)37(34,35)32-14-20(28)12-22(32)23(33)7-1-15-9-17(11-19(27)10-15)16-2-8-24(31-13-16)36-25(29)30;20-13-7-12(8-15(22)9-13)1-6-19(25)18-10-16(23)11-24(18)28(26,27)17-4-2-14(21)3-5-17;1-11(2)12(3,4)19-13(18-11)8-5-6-9(16-7-8)17-10(14)15/h2-6,8-11,13,20,22,25H,1,7,12,14H2;2-5,7-9,16,18H,1,6,10-11H2;5-7,10H,1-4H3/t20-,22+;16-,18+;/m11./s1. The minimum atomic E-state index is -4.24. The number of ether oxygens (including phenoxy) is 2. The van der Waals surface area contributed by atoms with Gasteiger partial charge in [-0.05, 0) is 142 Å². The fourth-order valence-corrected chi connectivity index (χ4v) is 12.9. The van der Waals surface area contributed by atoms with Gasteiger partial charge in [0.15, 0.2) is 11.6 Å². The molecule has 2 aromatic heterocycles. The predicted octanol–water partition coefficient (Wildman–Crippen LogP) is 10.9. The molecule has 4 aromatic carbocycles. The van der Waals surface area contributed by atoms with Crippen molar-refractivity contribution in [3.05, 3.63) is 160 Å². The fourth-order valence-electron chi connectivity index (χ4n) is 9.08. The first kappa shape index (κ1) is 65.3. The van der Waals surface area contributed by atoms with Crippen LogP contribution < -0.4 is 14.9 Å². The number of Topliss-reactive ketones (excluding diaryl/α,β-unsaturated/α-hetero) is 2. The molecule has 0 N–H and O–H groups in total. The van der Waals surface area contributed by atoms with Gasteiger partial charge < -0.3 is 18.8 Å². The van der Waals surface area contributed by atoms with Crippen molar-refractivity contribution in [3.8, 4) is 22.9 Å². The number of hydrogen-bond donors (Lipinski definition) is 0. The molecule has 450 valence electrons. The number of sulfonamides is 2. The molecular weight excluding hydrogens is 1230 g/mol. The van der Waals surface area contributed by atoms with E-state index in [1.807, 2.05) is 27.7 Å². The lowest BCUT2D eigenvalue weighted by Crippen LogP contribution is -2.41. The molecule has 84 heavy (non-hydrogen) atoms. The number of carbonyl (C=O) groups is 2. The second-order valence-electron chi connectivity index (χ2n) is 20.5. The van der Waals surface area contributed by atoms with Crippen LogP contribution in [0.4, 0.5) is 43.9 Å². The molecule has 6 aromatic rings. The molecule has 3 saturated heterocycles. The Morgan fingerprint density at radius 1 is 0.595 bits per heavy atom. The van der Waals surface area contributed by atoms with Crippen LogP contribution in [-0.4, -0.2) is 116 Å². The first-order chi connectivity index (χ1) is 39.4. The Balaban J connectivity index is 0.000000191. The summed E-state index contributed by atoms with van der Waals surface area (Å²) in [6.07, 6.45) is -0.897. The third-order valence-corrected chi connectivity index (χ3v) is 18.2. The van der Waals surface area contributed by atoms with Gasteiger partial charge in [-0.3, -0.25) is 9.59 Å². The summed E-state index contributed by atoms with van der Waals surface area (Å²) in [4.78, 5) is 32.7. The SMILES string of the molecule is CC1(C)OB(c2ccc(OC(F)F)nc2)OC1(C)C.O=C(CCc1cc(F)cc(-c2ccc(OC(F)F)nc2)c1)[C@@H]1C[C@@H](F)CN1S(=O)(=O)c1ccc(F)cc1.O=C(CCc1cc(F)cc(Br)c1)[C@@H]1C[C@@H](F)CN1S(=O)(=O)c1ccc(F)cc1. The van der Waals surface area contributed by atoms with Crippen molar-refractivity contribution in [1.82, 2.24) is 18.6 Å². The van der Waals surface area contributed by atoms with Gasteiger partial charge in [-0.1, -0.05) is 28.1 Å². The minimum absolute atomic E-state index is 0.0431. The number of aromatic nitrogens is 2. The highest BCUT2D eigenvalue weighted by Crippen LogP contribution is 2.37. The number of alkyl halides is 6. The molecule has 3 fully saturated rings. The average molecular weight is 1290 g/mol. The van der Waals surface area contributed by atoms with Gasteiger partial charge in [0.2, 0.25) is 31.8 Å². The van der Waals surface area contributed by atoms with Crippen molar-refractivity contribution < 1.29 is 89.1 Å². The second-order valence-corrected chi connectivity index (χ2v) is 25.2. The quantitative estimate of drug-likeness (QED) is 0.0590. The summed E-state index contributed by atoms with van der Waals surface area (Å²) >= 11 is 3.17. The number of nitrogens with zero attached hydrogens (tertiary/aromatic N) is 4. The normalized spacial score (nSPS) is 19.6. The number of ketones is 2. The number of hydrogen-bond acceptors (Lipinski definition) is 12. The molecule has 5 heterocycles. The molecule has 14 nitrogen and oxygen atoms in total. The Labute approximate surface area is 486 Å². The van der Waals surface area contributed by atoms with E-state index < -0.39 is 124 Å². The number of benzene rings is 4. The van der Waals surface area contributed by atoms with E-state index in [-0.39, 0.29) is 60.1 Å². The largest absolute Gasteiger partial charge is 0.496 e. The molecule has 0 unspecified atom stereocenters. The zero-order valence-electron chi connectivity index (χ0n) is 45.1. The van der Waals surface area contributed by atoms with Crippen LogP contribution in [-0.2, 0) is 51.8 Å². The Morgan fingerprint density at radius 2 is 1.02 bits per heavy atom. The first-order valence-electron chi connectivity index (χ1n) is 25.7. The minimum Gasteiger partial charge on any atom is -0.417 e. The predicted molar refractivity (Wildman–Crippen MR) is 291 cm³/mol. The molecule has 3 aliphatic heterocycles. The van der Waals surface area contributed by atoms with Crippen molar-refractivity contribution >= 4 is 60.1 Å². The van der Waals surface area contributed by atoms with Gasteiger partial charge in [-0.25, -0.2) is 53.1 Å². The van der Waals surface area contributed by atoms with Crippen LogP contribution in [0, 0.1) is 23.3 Å². The molecule has 28 heteroatoms. The summed E-state index contributed by atoms with van der Waals surface area (Å²) < 4.78 is 205. The Hall–Kier alpha value is -6.30. The average Bonchev–Trinajstić information content (AvgIpc) is 2.65. The van der Waals surface area contributed by atoms with E-state index in [2.05, 4.69) is 35.4 Å². The van der Waals surface area contributed by atoms with Gasteiger partial charge in [0.25, 0.3) is 0 Å². The van der Waals surface area contributed by atoms with Crippen LogP contribution in [0.1, 0.15) is 64.5 Å². The van der Waals surface area contributed by atoms with E-state index in [1.165, 1.54) is 54.9 Å². The molecule has 9 rings (SSSR count). The van der Waals surface area contributed by atoms with Crippen molar-refractivity contribution in [1.29, 1.82) is 0 Å². The van der Waals surface area contributed by atoms with Gasteiger partial charge in [-0.15, -0.1) is 0 Å². The number of aryl methyl sites for hydroxylation is 2. The van der Waals surface area contributed by atoms with Gasteiger partial charge in [0.1, 0.15) is 35.6 Å². The third-order valence-electron chi connectivity index (χ3n) is 14.0. The second kappa shape index (κ2) is 27.4. The lowest BCUT2D eigenvalue weighted by Gasteiger charge is -2.32. The van der Waals surface area contributed by atoms with Gasteiger partial charge >= 0.3 is 20.3 Å². The van der Waals surface area contributed by atoms with E-state index in [1.54, 1.807) is 18.2 Å². The number of carbonyl (C=O) groups excluding carboxylic acids is 2. The molecule has 3 aliphatic rings. The fraction of sp³-hybridized carbons (Fsp3) is 0.357. The Bertz CT molecular complexity index is 3460. The summed E-state index contributed by atoms with van der Waals surface area (Å²) in [7, 11) is -8.94. The van der Waals surface area contributed by atoms with E-state index >= 15 is 0 Å². The maximum absolute atomic E-state index is 14.3. The first-order valence-corrected chi connectivity index (χ1v) is 29.4. The summed E-state index contributed by atoms with van der Waals surface area (Å²) in [5.74, 6) is -3.71. The highest BCUT2D eigenvalue weighted by molar-refractivity contribution is 9.10. The van der Waals surface area contributed by atoms with Crippen LogP contribution in [0.2, 0.25) is 0 Å². The van der Waals surface area contributed by atoms with Gasteiger partial charge in [0, 0.05) is 78.8 Å². The lowest BCUT2D eigenvalue weighted by atomic mass is 9.80. The lowest BCUT2D eigenvalue weighted by molar-refractivity contribution is -0.122. The van der Waals surface area contributed by atoms with E-state index in [0.717, 1.165) is 57.1 Å². The Kier molecular flexibility index (Phi) is 21.3. The molecule has 4 atom stereocenters. The van der Waals surface area contributed by atoms with Crippen LogP contribution in [0.3, 0.4) is 0 Å². The van der Waals surface area contributed by atoms with Crippen molar-refractivity contribution in [2.24, 2.45) is 0 Å². The van der Waals surface area contributed by atoms with Crippen LogP contribution in [0.25, 0.3) is 11.1 Å². The van der Waals surface area contributed by atoms with Crippen molar-refractivity contribution in [2.75, 3.05) is 13.1 Å². The number of halogens is 11. The molecule has 0 radical (unpaired) electrons. The van der Waals surface area contributed by atoms with Crippen molar-refractivity contribution in [3.63, 3.8) is 0 Å². The van der Waals surface area contributed by atoms with Crippen LogP contribution in [0.5, 0.6) is 11.8 Å². The highest BCUT2D eigenvalue weighted by Gasteiger charge is 2.52. The maximum Gasteiger partial charge on any atom is 0.496 e. The summed E-state index contributed by atoms with van der Waals surface area (Å²) in [5, 5.41) is 0. The topological polar surface area (TPSA) is 172 Å². The monoisotopic (exact) mass is 1290 g/mol. The third kappa shape index (κ3) is 16.8. The van der Waals surface area contributed by atoms with Crippen LogP contribution in [0.15, 0.2) is 136 Å². The van der Waals surface area contributed by atoms with Gasteiger partial charge in [-0.2, -0.15) is 26.2 Å². The van der Waals surface area contributed by atoms with Crippen LogP contribution >= 0.6 is 15.9 Å². The zero-order chi connectivity index (χ0) is 61.5. The van der Waals surface area contributed by atoms with E-state index in [4.69, 9.17) is 9.31 Å². The summed E-state index contributed by atoms with van der Waals surface area (Å²) in [6.45, 7) is 0.911. The number of pyridine rings is 2. The molecule has 0 aliphatic carbocycles. The summed E-state index contributed by atoms with van der Waals surface area (Å²) in [6, 6.07) is 19.6. The summed E-state index contributed by atoms with van der Waals surface area (Å²) in [5.41, 5.74) is 1.55. The smallest absolute Gasteiger partial charge is 0.417 e. The van der Waals surface area contributed by atoms with E-state index in [9.17, 15) is 70.3 Å². The molecule has 0 amide bonds. The molecular formula is C56H54BBrF10N4O10S2. The zero-order valence-corrected chi connectivity index (χ0v) is 48.3. The highest BCUT2D eigenvalue weighted by atomic mass is 79.9. The Morgan fingerprint density at radius 3 is 1.43 bits per heavy atom. The molecule has 0 saturated carbocycles. The maximum atomic E-state index is 14.3. The number of rotatable bonds is 18. The molecule has 0 bridgehead atoms. The van der Waals surface area contributed by atoms with E-state index in [0.29, 0.717) is 32.2 Å². The van der Waals surface area contributed by atoms with Gasteiger partial charge in [0.05, 0.1) is 33.1 Å². The molecule has 0 spiro atoms.